The van der Waals surface area contributed by atoms with E-state index < -0.39 is 0 Å². The van der Waals surface area contributed by atoms with Crippen LogP contribution in [0.25, 0.3) is 0 Å². The Labute approximate surface area is 119 Å². The van der Waals surface area contributed by atoms with Crippen molar-refractivity contribution in [1.29, 1.82) is 0 Å². The minimum atomic E-state index is 0.922. The molecule has 0 unspecified atom stereocenters. The van der Waals surface area contributed by atoms with E-state index in [1.807, 2.05) is 0 Å². The summed E-state index contributed by atoms with van der Waals surface area (Å²) in [4.78, 5) is 5.05. The number of hydrogen-bond acceptors (Lipinski definition) is 3. The van der Waals surface area contributed by atoms with Gasteiger partial charge >= 0.3 is 0 Å². The number of piperidine rings is 1. The molecule has 3 heteroatoms. The molecule has 0 bridgehead atoms. The van der Waals surface area contributed by atoms with E-state index in [4.69, 9.17) is 0 Å². The first-order valence-electron chi connectivity index (χ1n) is 8.37. The molecule has 0 aromatic carbocycles. The molecule has 112 valence electrons. The number of fused-ring (bicyclic) bond motifs is 1. The smallest absolute Gasteiger partial charge is 0.0124 e. The molecular weight excluding hydrogens is 234 g/mol. The maximum absolute atomic E-state index is 3.62. The van der Waals surface area contributed by atoms with E-state index in [0.717, 1.165) is 12.0 Å². The predicted molar refractivity (Wildman–Crippen MR) is 82.6 cm³/mol. The molecule has 1 N–H and O–H groups in total. The summed E-state index contributed by atoms with van der Waals surface area (Å²) in [7, 11) is 4.30. The van der Waals surface area contributed by atoms with E-state index in [1.165, 1.54) is 77.7 Å². The highest BCUT2D eigenvalue weighted by Gasteiger charge is 2.32. The van der Waals surface area contributed by atoms with Crippen LogP contribution in [-0.2, 0) is 0 Å². The first-order valence-corrected chi connectivity index (χ1v) is 8.37. The van der Waals surface area contributed by atoms with Crippen molar-refractivity contribution in [3.05, 3.63) is 0 Å². The molecule has 2 fully saturated rings. The standard InChI is InChI=1S/C16H33N3/c1-18(2)12-6-10-17-11-14-19-13-5-8-15-7-3-4-9-16(15)19/h15-17H,3-14H2,1-2H3/t15-,16-/m1/s1. The molecule has 0 spiro atoms. The molecule has 19 heavy (non-hydrogen) atoms. The van der Waals surface area contributed by atoms with Crippen LogP contribution in [0, 0.1) is 5.92 Å². The van der Waals surface area contributed by atoms with Gasteiger partial charge in [-0.25, -0.2) is 0 Å². The zero-order valence-electron chi connectivity index (χ0n) is 13.0. The van der Waals surface area contributed by atoms with E-state index in [-0.39, 0.29) is 0 Å². The van der Waals surface area contributed by atoms with Crippen molar-refractivity contribution >= 4 is 0 Å². The van der Waals surface area contributed by atoms with Crippen molar-refractivity contribution in [1.82, 2.24) is 15.1 Å². The topological polar surface area (TPSA) is 18.5 Å². The van der Waals surface area contributed by atoms with Gasteiger partial charge in [-0.1, -0.05) is 12.8 Å². The Kier molecular flexibility index (Phi) is 6.62. The third-order valence-corrected chi connectivity index (χ3v) is 4.89. The van der Waals surface area contributed by atoms with Gasteiger partial charge in [0, 0.05) is 19.1 Å². The van der Waals surface area contributed by atoms with Gasteiger partial charge in [-0.2, -0.15) is 0 Å². The molecule has 1 saturated carbocycles. The normalized spacial score (nSPS) is 28.6. The molecule has 2 aliphatic rings. The lowest BCUT2D eigenvalue weighted by Gasteiger charge is -2.44. The average molecular weight is 267 g/mol. The molecular formula is C16H33N3. The van der Waals surface area contributed by atoms with Crippen molar-refractivity contribution in [2.24, 2.45) is 5.92 Å². The fraction of sp³-hybridized carbons (Fsp3) is 1.00. The van der Waals surface area contributed by atoms with Crippen LogP contribution in [0.5, 0.6) is 0 Å². The van der Waals surface area contributed by atoms with Gasteiger partial charge in [0.1, 0.15) is 0 Å². The van der Waals surface area contributed by atoms with E-state index in [2.05, 4.69) is 29.2 Å². The van der Waals surface area contributed by atoms with Gasteiger partial charge in [0.25, 0.3) is 0 Å². The Morgan fingerprint density at radius 1 is 1.05 bits per heavy atom. The highest BCUT2D eigenvalue weighted by atomic mass is 15.2. The molecule has 0 amide bonds. The second-order valence-electron chi connectivity index (χ2n) is 6.70. The summed E-state index contributed by atoms with van der Waals surface area (Å²) >= 11 is 0. The van der Waals surface area contributed by atoms with Crippen molar-refractivity contribution in [3.8, 4) is 0 Å². The van der Waals surface area contributed by atoms with Gasteiger partial charge in [0.2, 0.25) is 0 Å². The van der Waals surface area contributed by atoms with Gasteiger partial charge in [-0.3, -0.25) is 4.90 Å². The molecule has 1 aliphatic carbocycles. The SMILES string of the molecule is CN(C)CCCNCCN1CCC[C@H]2CCCC[C@H]21. The maximum atomic E-state index is 3.62. The Morgan fingerprint density at radius 2 is 1.84 bits per heavy atom. The third-order valence-electron chi connectivity index (χ3n) is 4.89. The number of hydrogen-bond donors (Lipinski definition) is 1. The number of nitrogens with zero attached hydrogens (tertiary/aromatic N) is 2. The molecule has 0 radical (unpaired) electrons. The molecule has 1 heterocycles. The van der Waals surface area contributed by atoms with E-state index in [1.54, 1.807) is 0 Å². The summed E-state index contributed by atoms with van der Waals surface area (Å²) in [6, 6.07) is 0.922. The van der Waals surface area contributed by atoms with Crippen LogP contribution in [-0.4, -0.2) is 62.7 Å². The van der Waals surface area contributed by atoms with Gasteiger partial charge in [-0.15, -0.1) is 0 Å². The van der Waals surface area contributed by atoms with Crippen molar-refractivity contribution in [2.45, 2.75) is 51.0 Å². The van der Waals surface area contributed by atoms with Crippen LogP contribution >= 0.6 is 0 Å². The van der Waals surface area contributed by atoms with Crippen LogP contribution in [0.1, 0.15) is 44.9 Å². The third kappa shape index (κ3) is 5.05. The molecule has 0 aromatic heterocycles. The molecule has 1 aliphatic heterocycles. The van der Waals surface area contributed by atoms with E-state index in [0.29, 0.717) is 0 Å². The van der Waals surface area contributed by atoms with Gasteiger partial charge in [0.05, 0.1) is 0 Å². The summed E-state index contributed by atoms with van der Waals surface area (Å²) in [5.41, 5.74) is 0. The molecule has 2 atom stereocenters. The van der Waals surface area contributed by atoms with Crippen LogP contribution in [0.4, 0.5) is 0 Å². The first-order chi connectivity index (χ1) is 9.27. The number of nitrogens with one attached hydrogen (secondary N) is 1. The molecule has 2 rings (SSSR count). The van der Waals surface area contributed by atoms with Crippen LogP contribution in [0.2, 0.25) is 0 Å². The van der Waals surface area contributed by atoms with Crippen molar-refractivity contribution < 1.29 is 0 Å². The monoisotopic (exact) mass is 267 g/mol. The lowest BCUT2D eigenvalue weighted by molar-refractivity contribution is 0.0619. The zero-order valence-corrected chi connectivity index (χ0v) is 13.0. The second kappa shape index (κ2) is 8.23. The van der Waals surface area contributed by atoms with E-state index >= 15 is 0 Å². The molecule has 1 saturated heterocycles. The lowest BCUT2D eigenvalue weighted by Crippen LogP contribution is -2.48. The largest absolute Gasteiger partial charge is 0.315 e. The van der Waals surface area contributed by atoms with Gasteiger partial charge in [0.15, 0.2) is 0 Å². The van der Waals surface area contributed by atoms with Gasteiger partial charge < -0.3 is 10.2 Å². The summed E-state index contributed by atoms with van der Waals surface area (Å²) < 4.78 is 0. The first kappa shape index (κ1) is 15.3. The Bertz CT molecular complexity index is 240. The second-order valence-corrected chi connectivity index (χ2v) is 6.70. The highest BCUT2D eigenvalue weighted by molar-refractivity contribution is 4.87. The quantitative estimate of drug-likeness (QED) is 0.713. The minimum Gasteiger partial charge on any atom is -0.315 e. The highest BCUT2D eigenvalue weighted by Crippen LogP contribution is 2.34. The summed E-state index contributed by atoms with van der Waals surface area (Å²) in [5, 5.41) is 3.62. The van der Waals surface area contributed by atoms with Crippen molar-refractivity contribution in [3.63, 3.8) is 0 Å². The molecule has 0 aromatic rings. The number of likely N-dealkylation sites (tertiary alicyclic amines) is 1. The van der Waals surface area contributed by atoms with E-state index in [9.17, 15) is 0 Å². The van der Waals surface area contributed by atoms with Crippen LogP contribution < -0.4 is 5.32 Å². The Balaban J connectivity index is 1.59. The number of rotatable bonds is 7. The Morgan fingerprint density at radius 3 is 2.68 bits per heavy atom. The molecule has 3 nitrogen and oxygen atoms in total. The summed E-state index contributed by atoms with van der Waals surface area (Å²) in [6.07, 6.45) is 10.1. The summed E-state index contributed by atoms with van der Waals surface area (Å²) in [5.74, 6) is 1.02. The Hall–Kier alpha value is -0.120. The van der Waals surface area contributed by atoms with Crippen LogP contribution in [0.15, 0.2) is 0 Å². The maximum Gasteiger partial charge on any atom is 0.0124 e. The fourth-order valence-electron chi connectivity index (χ4n) is 3.87. The van der Waals surface area contributed by atoms with Gasteiger partial charge in [-0.05, 0) is 71.8 Å². The lowest BCUT2D eigenvalue weighted by atomic mass is 9.78. The predicted octanol–water partition coefficient (Wildman–Crippen LogP) is 2.18. The summed E-state index contributed by atoms with van der Waals surface area (Å²) in [6.45, 7) is 6.15. The minimum absolute atomic E-state index is 0.922. The van der Waals surface area contributed by atoms with Crippen LogP contribution in [0.3, 0.4) is 0 Å². The zero-order chi connectivity index (χ0) is 13.5. The average Bonchev–Trinajstić information content (AvgIpc) is 2.42. The fourth-order valence-corrected chi connectivity index (χ4v) is 3.87. The van der Waals surface area contributed by atoms with Crippen molar-refractivity contribution in [2.75, 3.05) is 46.8 Å².